The minimum absolute atomic E-state index is 0. The average molecular weight is 549 g/mol. The number of thioether (sulfide) groups is 1. The van der Waals surface area contributed by atoms with E-state index in [4.69, 9.17) is 16.6 Å². The van der Waals surface area contributed by atoms with E-state index in [1.165, 1.54) is 38.0 Å². The molecule has 1 N–H and O–H groups in total. The topological polar surface area (TPSA) is 73.2 Å². The average Bonchev–Trinajstić information content (AvgIpc) is 3.03. The molecule has 0 spiro atoms. The maximum atomic E-state index is 12.7. The second-order valence-electron chi connectivity index (χ2n) is 7.27. The third-order valence-electron chi connectivity index (χ3n) is 4.95. The van der Waals surface area contributed by atoms with E-state index in [0.717, 1.165) is 22.8 Å². The molecule has 0 radical (unpaired) electrons. The first-order valence-corrected chi connectivity index (χ1v) is 12.5. The molecule has 10 heteroatoms. The van der Waals surface area contributed by atoms with Crippen molar-refractivity contribution in [3.63, 3.8) is 0 Å². The third kappa shape index (κ3) is 5.46. The van der Waals surface area contributed by atoms with Gasteiger partial charge < -0.3 is 10.0 Å². The first kappa shape index (κ1) is 26.2. The third-order valence-corrected chi connectivity index (χ3v) is 8.36. The van der Waals surface area contributed by atoms with Crippen LogP contribution in [0.15, 0.2) is 58.4 Å². The van der Waals surface area contributed by atoms with Gasteiger partial charge in [0.15, 0.2) is 10.9 Å². The summed E-state index contributed by atoms with van der Waals surface area (Å²) < 4.78 is 26.5. The van der Waals surface area contributed by atoms with Gasteiger partial charge in [0.25, 0.3) is 0 Å². The number of rotatable bonds is 7. The van der Waals surface area contributed by atoms with E-state index < -0.39 is 15.7 Å². The van der Waals surface area contributed by atoms with Gasteiger partial charge in [-0.3, -0.25) is 0 Å². The molecule has 3 rings (SSSR count). The molecular formula is C21H27BrClN3O3S2. The number of para-hydroxylation sites is 1. The van der Waals surface area contributed by atoms with Crippen LogP contribution in [-0.4, -0.2) is 54.3 Å². The van der Waals surface area contributed by atoms with E-state index in [1.807, 2.05) is 35.2 Å². The summed E-state index contributed by atoms with van der Waals surface area (Å²) in [7, 11) is -0.838. The van der Waals surface area contributed by atoms with Gasteiger partial charge in [-0.25, -0.2) is 17.7 Å². The van der Waals surface area contributed by atoms with Crippen LogP contribution in [0.5, 0.6) is 0 Å². The van der Waals surface area contributed by atoms with E-state index in [1.54, 1.807) is 6.07 Å². The van der Waals surface area contributed by atoms with Crippen LogP contribution < -0.4 is 0 Å². The predicted molar refractivity (Wildman–Crippen MR) is 134 cm³/mol. The minimum atomic E-state index is -3.75. The Balaban J connectivity index is 0.00000341. The molecule has 2 aromatic rings. The molecule has 1 heterocycles. The van der Waals surface area contributed by atoms with Crippen LogP contribution in [0.4, 0.5) is 5.69 Å². The number of benzene rings is 2. The minimum Gasteiger partial charge on any atom is -0.366 e. The van der Waals surface area contributed by atoms with Crippen molar-refractivity contribution in [3.8, 4) is 0 Å². The molecule has 0 aliphatic carbocycles. The van der Waals surface area contributed by atoms with E-state index in [0.29, 0.717) is 23.0 Å². The molecule has 1 fully saturated rings. The highest BCUT2D eigenvalue weighted by molar-refractivity contribution is 8.93. The molecule has 1 aliphatic rings. The standard InChI is InChI=1S/C21H26ClN3O3S2.BrH/c1-4-5-13-25-20(23-17-9-7-6-8-10-17)29-15-21(25,26)16-11-12-18(22)19(14-16)30(27,28)24(2)3;/h6-12,14,26H,4-5,13,15H2,1-3H3;1H. The zero-order valence-corrected chi connectivity index (χ0v) is 21.8. The smallest absolute Gasteiger partial charge is 0.244 e. The summed E-state index contributed by atoms with van der Waals surface area (Å²) in [5.41, 5.74) is -0.0962. The van der Waals surface area contributed by atoms with Crippen molar-refractivity contribution >= 4 is 61.2 Å². The molecule has 1 unspecified atom stereocenters. The number of unbranched alkanes of at least 4 members (excludes halogenated alkanes) is 1. The fourth-order valence-electron chi connectivity index (χ4n) is 3.17. The molecule has 170 valence electrons. The van der Waals surface area contributed by atoms with Crippen molar-refractivity contribution in [2.45, 2.75) is 30.4 Å². The summed E-state index contributed by atoms with van der Waals surface area (Å²) in [6.45, 7) is 2.68. The monoisotopic (exact) mass is 547 g/mol. The predicted octanol–water partition coefficient (Wildman–Crippen LogP) is 4.85. The SMILES string of the molecule is Br.CCCCN1C(=Nc2ccccc2)SCC1(O)c1ccc(Cl)c(S(=O)(=O)N(C)C)c1. The molecule has 2 aromatic carbocycles. The Morgan fingerprint density at radius 3 is 2.52 bits per heavy atom. The summed E-state index contributed by atoms with van der Waals surface area (Å²) in [6.07, 6.45) is 1.82. The number of amidine groups is 1. The number of nitrogens with zero attached hydrogens (tertiary/aromatic N) is 3. The van der Waals surface area contributed by atoms with Crippen LogP contribution >= 0.6 is 40.3 Å². The Bertz CT molecular complexity index is 1040. The van der Waals surface area contributed by atoms with Gasteiger partial charge in [0.2, 0.25) is 10.0 Å². The lowest BCUT2D eigenvalue weighted by Gasteiger charge is -2.35. The Morgan fingerprint density at radius 1 is 1.23 bits per heavy atom. The highest BCUT2D eigenvalue weighted by Crippen LogP contribution is 2.41. The highest BCUT2D eigenvalue weighted by atomic mass is 79.9. The van der Waals surface area contributed by atoms with E-state index in [-0.39, 0.29) is 26.9 Å². The zero-order valence-electron chi connectivity index (χ0n) is 17.7. The van der Waals surface area contributed by atoms with Gasteiger partial charge in [-0.2, -0.15) is 0 Å². The molecule has 31 heavy (non-hydrogen) atoms. The van der Waals surface area contributed by atoms with Gasteiger partial charge in [-0.15, -0.1) is 17.0 Å². The summed E-state index contributed by atoms with van der Waals surface area (Å²) in [6, 6.07) is 14.3. The van der Waals surface area contributed by atoms with Crippen LogP contribution in [0.3, 0.4) is 0 Å². The van der Waals surface area contributed by atoms with Crippen LogP contribution in [0, 0.1) is 0 Å². The van der Waals surface area contributed by atoms with Crippen LogP contribution in [-0.2, 0) is 15.7 Å². The Kier molecular flexibility index (Phi) is 9.01. The second-order valence-corrected chi connectivity index (χ2v) is 10.7. The summed E-state index contributed by atoms with van der Waals surface area (Å²) in [5.74, 6) is 0.339. The van der Waals surface area contributed by atoms with Crippen molar-refractivity contribution in [2.75, 3.05) is 26.4 Å². The van der Waals surface area contributed by atoms with Crippen molar-refractivity contribution in [2.24, 2.45) is 4.99 Å². The Morgan fingerprint density at radius 2 is 1.90 bits per heavy atom. The molecule has 0 saturated carbocycles. The summed E-state index contributed by atoms with van der Waals surface area (Å²) in [5, 5.41) is 12.5. The van der Waals surface area contributed by atoms with Gasteiger partial charge in [-0.1, -0.05) is 61.0 Å². The second kappa shape index (κ2) is 10.7. The largest absolute Gasteiger partial charge is 0.366 e. The van der Waals surface area contributed by atoms with Gasteiger partial charge in [0, 0.05) is 26.2 Å². The Hall–Kier alpha value is -1.10. The number of halogens is 2. The van der Waals surface area contributed by atoms with Gasteiger partial charge in [-0.05, 0) is 30.7 Å². The first-order valence-electron chi connectivity index (χ1n) is 9.69. The lowest BCUT2D eigenvalue weighted by atomic mass is 10.0. The fourth-order valence-corrected chi connectivity index (χ4v) is 5.78. The van der Waals surface area contributed by atoms with Crippen LogP contribution in [0.2, 0.25) is 5.02 Å². The van der Waals surface area contributed by atoms with Gasteiger partial charge >= 0.3 is 0 Å². The summed E-state index contributed by atoms with van der Waals surface area (Å²) in [4.78, 5) is 6.57. The fraction of sp³-hybridized carbons (Fsp3) is 0.381. The molecule has 0 bridgehead atoms. The van der Waals surface area contributed by atoms with Crippen LogP contribution in [0.25, 0.3) is 0 Å². The number of sulfonamides is 1. The number of aliphatic hydroxyl groups is 1. The lowest BCUT2D eigenvalue weighted by molar-refractivity contribution is -0.0483. The lowest BCUT2D eigenvalue weighted by Crippen LogP contribution is -2.45. The van der Waals surface area contributed by atoms with E-state index in [2.05, 4.69) is 6.92 Å². The number of hydrogen-bond acceptors (Lipinski definition) is 5. The van der Waals surface area contributed by atoms with Crippen LogP contribution in [0.1, 0.15) is 25.3 Å². The normalized spacial score (nSPS) is 20.3. The zero-order chi connectivity index (χ0) is 21.9. The van der Waals surface area contributed by atoms with Gasteiger partial charge in [0.05, 0.1) is 16.5 Å². The van der Waals surface area contributed by atoms with Crippen molar-refractivity contribution in [1.82, 2.24) is 9.21 Å². The van der Waals surface area contributed by atoms with Crippen molar-refractivity contribution < 1.29 is 13.5 Å². The van der Waals surface area contributed by atoms with Crippen molar-refractivity contribution in [1.29, 1.82) is 0 Å². The molecule has 1 atom stereocenters. The van der Waals surface area contributed by atoms with E-state index >= 15 is 0 Å². The molecule has 0 aromatic heterocycles. The number of hydrogen-bond donors (Lipinski definition) is 1. The molecule has 0 amide bonds. The number of aliphatic imine (C=N–C) groups is 1. The summed E-state index contributed by atoms with van der Waals surface area (Å²) >= 11 is 7.66. The molecule has 6 nitrogen and oxygen atoms in total. The molecular weight excluding hydrogens is 522 g/mol. The first-order chi connectivity index (χ1) is 14.2. The Labute approximate surface area is 204 Å². The maximum absolute atomic E-state index is 12.7. The maximum Gasteiger partial charge on any atom is 0.244 e. The van der Waals surface area contributed by atoms with E-state index in [9.17, 15) is 13.5 Å². The quantitative estimate of drug-likeness (QED) is 0.535. The molecule has 1 saturated heterocycles. The van der Waals surface area contributed by atoms with Gasteiger partial charge in [0.1, 0.15) is 4.90 Å². The van der Waals surface area contributed by atoms with Crippen molar-refractivity contribution in [3.05, 3.63) is 59.1 Å². The molecule has 1 aliphatic heterocycles. The highest BCUT2D eigenvalue weighted by Gasteiger charge is 2.45.